The van der Waals surface area contributed by atoms with Gasteiger partial charge in [0.05, 0.1) is 25.8 Å². The van der Waals surface area contributed by atoms with Crippen molar-refractivity contribution < 1.29 is 24.2 Å². The normalized spacial score (nSPS) is 18.0. The minimum atomic E-state index is -0.698. The third-order valence-corrected chi connectivity index (χ3v) is 5.58. The van der Waals surface area contributed by atoms with E-state index in [-0.39, 0.29) is 11.3 Å². The molecule has 0 radical (unpaired) electrons. The first-order valence-electron chi connectivity index (χ1n) is 10.1. The molecule has 2 aromatic carbocycles. The van der Waals surface area contributed by atoms with Crippen LogP contribution in [0.4, 0.5) is 0 Å². The molecule has 7 heteroatoms. The van der Waals surface area contributed by atoms with Crippen LogP contribution < -0.4 is 9.47 Å². The lowest BCUT2D eigenvalue weighted by atomic mass is 9.94. The van der Waals surface area contributed by atoms with E-state index in [0.29, 0.717) is 30.0 Å². The van der Waals surface area contributed by atoms with Crippen molar-refractivity contribution in [2.45, 2.75) is 19.4 Å². The van der Waals surface area contributed by atoms with Gasteiger partial charge in [-0.1, -0.05) is 25.1 Å². The van der Waals surface area contributed by atoms with E-state index in [1.807, 2.05) is 31.2 Å². The summed E-state index contributed by atoms with van der Waals surface area (Å²) in [6.07, 6.45) is 2.48. The van der Waals surface area contributed by atoms with Gasteiger partial charge in [0.15, 0.2) is 11.5 Å². The molecule has 1 aromatic heterocycles. The number of aliphatic hydroxyl groups is 1. The van der Waals surface area contributed by atoms with Gasteiger partial charge in [0.1, 0.15) is 5.76 Å². The smallest absolute Gasteiger partial charge is 0.295 e. The summed E-state index contributed by atoms with van der Waals surface area (Å²) in [5.74, 6) is -0.639. The first-order chi connectivity index (χ1) is 15.0. The van der Waals surface area contributed by atoms with Gasteiger partial charge in [-0.25, -0.2) is 0 Å². The summed E-state index contributed by atoms with van der Waals surface area (Å²) in [5, 5.41) is 12.1. The number of H-pyrrole nitrogens is 1. The number of fused-ring (bicyclic) bond motifs is 1. The summed E-state index contributed by atoms with van der Waals surface area (Å²) < 4.78 is 10.6. The van der Waals surface area contributed by atoms with Crippen LogP contribution >= 0.6 is 0 Å². The van der Waals surface area contributed by atoms with Crippen molar-refractivity contribution in [3.05, 3.63) is 65.4 Å². The third-order valence-electron chi connectivity index (χ3n) is 5.58. The zero-order valence-corrected chi connectivity index (χ0v) is 17.6. The van der Waals surface area contributed by atoms with E-state index in [0.717, 1.165) is 16.5 Å². The van der Waals surface area contributed by atoms with Crippen LogP contribution in [0.2, 0.25) is 0 Å². The number of methoxy groups -OCH3 is 2. The van der Waals surface area contributed by atoms with Crippen LogP contribution in [-0.2, 0) is 9.59 Å². The number of aliphatic hydroxyl groups excluding tert-OH is 1. The number of hydrogen-bond donors (Lipinski definition) is 2. The number of para-hydroxylation sites is 1. The molecule has 1 aliphatic heterocycles. The zero-order valence-electron chi connectivity index (χ0n) is 17.6. The summed E-state index contributed by atoms with van der Waals surface area (Å²) in [6.45, 7) is 2.34. The van der Waals surface area contributed by atoms with Crippen molar-refractivity contribution in [3.8, 4) is 11.5 Å². The minimum Gasteiger partial charge on any atom is -0.507 e. The summed E-state index contributed by atoms with van der Waals surface area (Å²) in [4.78, 5) is 30.7. The lowest BCUT2D eigenvalue weighted by Gasteiger charge is -2.24. The molecule has 2 N–H and O–H groups in total. The molecule has 4 rings (SSSR count). The lowest BCUT2D eigenvalue weighted by molar-refractivity contribution is -0.139. The van der Waals surface area contributed by atoms with Gasteiger partial charge in [0, 0.05) is 34.8 Å². The van der Waals surface area contributed by atoms with E-state index in [1.54, 1.807) is 24.4 Å². The van der Waals surface area contributed by atoms with Gasteiger partial charge in [-0.15, -0.1) is 0 Å². The molecular formula is C24H24N2O5. The summed E-state index contributed by atoms with van der Waals surface area (Å²) in [5.41, 5.74) is 2.10. The quantitative estimate of drug-likeness (QED) is 0.357. The first-order valence-corrected chi connectivity index (χ1v) is 10.1. The fraction of sp³-hybridized carbons (Fsp3) is 0.250. The van der Waals surface area contributed by atoms with Crippen molar-refractivity contribution in [3.63, 3.8) is 0 Å². The molecule has 7 nitrogen and oxygen atoms in total. The van der Waals surface area contributed by atoms with Crippen LogP contribution in [0.5, 0.6) is 11.5 Å². The number of Topliss-reactive ketones (excluding diaryl/α,β-unsaturated/α-hetero) is 1. The van der Waals surface area contributed by atoms with Gasteiger partial charge in [-0.3, -0.25) is 9.59 Å². The summed E-state index contributed by atoms with van der Waals surface area (Å²) >= 11 is 0. The second kappa shape index (κ2) is 8.18. The maximum atomic E-state index is 13.0. The number of ketones is 1. The summed E-state index contributed by atoms with van der Waals surface area (Å²) in [6, 6.07) is 11.9. The van der Waals surface area contributed by atoms with Crippen LogP contribution in [0.25, 0.3) is 16.7 Å². The van der Waals surface area contributed by atoms with Gasteiger partial charge in [0.2, 0.25) is 0 Å². The molecule has 160 valence electrons. The second-order valence-electron chi connectivity index (χ2n) is 7.35. The fourth-order valence-electron chi connectivity index (χ4n) is 4.13. The van der Waals surface area contributed by atoms with E-state index in [1.165, 1.54) is 19.1 Å². The Morgan fingerprint density at radius 3 is 2.55 bits per heavy atom. The van der Waals surface area contributed by atoms with E-state index >= 15 is 0 Å². The highest BCUT2D eigenvalue weighted by molar-refractivity contribution is 6.46. The Kier molecular flexibility index (Phi) is 5.42. The number of aromatic amines is 1. The molecule has 0 aliphatic carbocycles. The van der Waals surface area contributed by atoms with Crippen molar-refractivity contribution in [1.82, 2.24) is 9.88 Å². The first kappa shape index (κ1) is 20.5. The maximum Gasteiger partial charge on any atom is 0.295 e. The standard InChI is InChI=1S/C24H24N2O5/c1-4-11-26-21(16-13-25-17-8-6-5-7-15(16)17)20(23(28)24(26)29)22(27)14-9-10-18(30-2)19(12-14)31-3/h5-10,12-13,21,25,27H,4,11H2,1-3H3/b22-20+. The van der Waals surface area contributed by atoms with Crippen LogP contribution in [0, 0.1) is 0 Å². The van der Waals surface area contributed by atoms with Gasteiger partial charge in [-0.2, -0.15) is 0 Å². The van der Waals surface area contributed by atoms with E-state index in [4.69, 9.17) is 9.47 Å². The molecule has 0 spiro atoms. The monoisotopic (exact) mass is 420 g/mol. The Hall–Kier alpha value is -3.74. The largest absolute Gasteiger partial charge is 0.507 e. The number of carbonyl (C=O) groups excluding carboxylic acids is 2. The molecule has 1 aliphatic rings. The van der Waals surface area contributed by atoms with Crippen molar-refractivity contribution >= 4 is 28.4 Å². The molecule has 1 unspecified atom stereocenters. The number of benzene rings is 2. The maximum absolute atomic E-state index is 13.0. The Morgan fingerprint density at radius 1 is 1.10 bits per heavy atom. The molecule has 1 fully saturated rings. The Balaban J connectivity index is 1.93. The van der Waals surface area contributed by atoms with Crippen LogP contribution in [0.1, 0.15) is 30.5 Å². The van der Waals surface area contributed by atoms with Crippen LogP contribution in [0.3, 0.4) is 0 Å². The lowest BCUT2D eigenvalue weighted by Crippen LogP contribution is -2.30. The highest BCUT2D eigenvalue weighted by Gasteiger charge is 2.46. The number of aromatic nitrogens is 1. The Bertz CT molecular complexity index is 1190. The van der Waals surface area contributed by atoms with Crippen molar-refractivity contribution in [1.29, 1.82) is 0 Å². The van der Waals surface area contributed by atoms with Crippen molar-refractivity contribution in [2.24, 2.45) is 0 Å². The number of nitrogens with zero attached hydrogens (tertiary/aromatic N) is 1. The topological polar surface area (TPSA) is 91.9 Å². The molecule has 0 saturated carbocycles. The third kappa shape index (κ3) is 3.32. The SMILES string of the molecule is CCCN1C(=O)C(=O)/C(=C(/O)c2ccc(OC)c(OC)c2)C1c1c[nH]c2ccccc12. The number of hydrogen-bond acceptors (Lipinski definition) is 5. The molecule has 1 atom stereocenters. The van der Waals surface area contributed by atoms with Crippen LogP contribution in [0.15, 0.2) is 54.2 Å². The highest BCUT2D eigenvalue weighted by atomic mass is 16.5. The number of ether oxygens (including phenoxy) is 2. The minimum absolute atomic E-state index is 0.0652. The number of rotatable bonds is 6. The molecule has 1 amide bonds. The second-order valence-corrected chi connectivity index (χ2v) is 7.35. The van der Waals surface area contributed by atoms with Gasteiger partial charge < -0.3 is 24.5 Å². The Labute approximate surface area is 179 Å². The average molecular weight is 420 g/mol. The number of likely N-dealkylation sites (tertiary alicyclic amines) is 1. The molecule has 3 aromatic rings. The molecule has 2 heterocycles. The average Bonchev–Trinajstić information content (AvgIpc) is 3.32. The zero-order chi connectivity index (χ0) is 22.1. The number of amides is 1. The van der Waals surface area contributed by atoms with Crippen molar-refractivity contribution in [2.75, 3.05) is 20.8 Å². The van der Waals surface area contributed by atoms with Gasteiger partial charge >= 0.3 is 0 Å². The van der Waals surface area contributed by atoms with E-state index < -0.39 is 17.7 Å². The predicted molar refractivity (Wildman–Crippen MR) is 117 cm³/mol. The van der Waals surface area contributed by atoms with Gasteiger partial charge in [0.25, 0.3) is 11.7 Å². The molecule has 31 heavy (non-hydrogen) atoms. The fourth-order valence-corrected chi connectivity index (χ4v) is 4.13. The predicted octanol–water partition coefficient (Wildman–Crippen LogP) is 4.02. The van der Waals surface area contributed by atoms with Gasteiger partial charge in [-0.05, 0) is 30.7 Å². The number of carbonyl (C=O) groups is 2. The van der Waals surface area contributed by atoms with E-state index in [9.17, 15) is 14.7 Å². The van der Waals surface area contributed by atoms with E-state index in [2.05, 4.69) is 4.98 Å². The highest BCUT2D eigenvalue weighted by Crippen LogP contribution is 2.42. The molecule has 0 bridgehead atoms. The Morgan fingerprint density at radius 2 is 1.84 bits per heavy atom. The molecule has 1 saturated heterocycles. The number of nitrogens with one attached hydrogen (secondary N) is 1. The molecular weight excluding hydrogens is 396 g/mol. The van der Waals surface area contributed by atoms with Crippen LogP contribution in [-0.4, -0.2) is 47.4 Å². The summed E-state index contributed by atoms with van der Waals surface area (Å²) in [7, 11) is 3.01.